The van der Waals surface area contributed by atoms with Crippen molar-refractivity contribution in [2.24, 2.45) is 0 Å². The minimum absolute atomic E-state index is 0.442. The summed E-state index contributed by atoms with van der Waals surface area (Å²) in [7, 11) is 1.68. The van der Waals surface area contributed by atoms with Gasteiger partial charge < -0.3 is 10.1 Å². The fraction of sp³-hybridized carbons (Fsp3) is 0.250. The van der Waals surface area contributed by atoms with Gasteiger partial charge in [-0.05, 0) is 41.8 Å². The Labute approximate surface area is 122 Å². The van der Waals surface area contributed by atoms with Crippen LogP contribution in [0.4, 0.5) is 5.69 Å². The molecule has 2 aromatic carbocycles. The molecule has 1 atom stereocenters. The van der Waals surface area contributed by atoms with E-state index in [1.54, 1.807) is 7.11 Å². The molecule has 0 aliphatic carbocycles. The van der Waals surface area contributed by atoms with Gasteiger partial charge in [-0.15, -0.1) is 0 Å². The van der Waals surface area contributed by atoms with Crippen molar-refractivity contribution in [1.82, 2.24) is 0 Å². The summed E-state index contributed by atoms with van der Waals surface area (Å²) in [6.45, 7) is 3.12. The molecular formula is C16H18BrNO. The highest BCUT2D eigenvalue weighted by Gasteiger charge is 2.08. The Morgan fingerprint density at radius 2 is 1.79 bits per heavy atom. The average molecular weight is 320 g/mol. The first-order valence-electron chi connectivity index (χ1n) is 6.33. The summed E-state index contributed by atoms with van der Waals surface area (Å²) in [6, 6.07) is 16.3. The van der Waals surface area contributed by atoms with Crippen LogP contribution in [0.15, 0.2) is 53.0 Å². The van der Waals surface area contributed by atoms with E-state index in [4.69, 9.17) is 4.74 Å². The van der Waals surface area contributed by atoms with Crippen LogP contribution in [0, 0.1) is 0 Å². The van der Waals surface area contributed by atoms with E-state index in [9.17, 15) is 0 Å². The van der Waals surface area contributed by atoms with Crippen LogP contribution in [0.25, 0.3) is 0 Å². The van der Waals surface area contributed by atoms with Crippen LogP contribution in [-0.2, 0) is 0 Å². The minimum atomic E-state index is 0.442. The van der Waals surface area contributed by atoms with Gasteiger partial charge in [0.05, 0.1) is 7.11 Å². The van der Waals surface area contributed by atoms with Crippen molar-refractivity contribution in [3.8, 4) is 5.75 Å². The van der Waals surface area contributed by atoms with E-state index in [0.717, 1.165) is 18.0 Å². The van der Waals surface area contributed by atoms with Gasteiger partial charge in [0.2, 0.25) is 0 Å². The fourth-order valence-electron chi connectivity index (χ4n) is 1.96. The molecule has 2 aromatic rings. The van der Waals surface area contributed by atoms with E-state index in [-0.39, 0.29) is 0 Å². The Morgan fingerprint density at radius 3 is 2.42 bits per heavy atom. The summed E-state index contributed by atoms with van der Waals surface area (Å²) in [4.78, 5) is 0. The topological polar surface area (TPSA) is 21.3 Å². The quantitative estimate of drug-likeness (QED) is 0.864. The summed E-state index contributed by atoms with van der Waals surface area (Å²) in [5.41, 5.74) is 2.43. The molecular weight excluding hydrogens is 302 g/mol. The van der Waals surface area contributed by atoms with E-state index >= 15 is 0 Å². The zero-order valence-corrected chi connectivity index (χ0v) is 12.8. The number of hydrogen-bond donors (Lipinski definition) is 1. The number of nitrogens with one attached hydrogen (secondary N) is 1. The second kappa shape index (κ2) is 6.62. The predicted octanol–water partition coefficient (Wildman–Crippen LogP) is 4.67. The molecule has 0 aliphatic heterocycles. The van der Waals surface area contributed by atoms with Crippen molar-refractivity contribution in [2.75, 3.05) is 19.0 Å². The zero-order chi connectivity index (χ0) is 13.7. The van der Waals surface area contributed by atoms with Crippen molar-refractivity contribution in [3.05, 3.63) is 58.6 Å². The third-order valence-electron chi connectivity index (χ3n) is 3.14. The van der Waals surface area contributed by atoms with Gasteiger partial charge in [-0.3, -0.25) is 0 Å². The normalized spacial score (nSPS) is 11.9. The Kier molecular flexibility index (Phi) is 4.86. The molecule has 1 N–H and O–H groups in total. The van der Waals surface area contributed by atoms with E-state index in [1.165, 1.54) is 10.0 Å². The second-order valence-electron chi connectivity index (χ2n) is 4.53. The predicted molar refractivity (Wildman–Crippen MR) is 84.0 cm³/mol. The molecule has 0 saturated heterocycles. The highest BCUT2D eigenvalue weighted by atomic mass is 79.9. The largest absolute Gasteiger partial charge is 0.497 e. The van der Waals surface area contributed by atoms with Crippen LogP contribution in [0.1, 0.15) is 18.4 Å². The summed E-state index contributed by atoms with van der Waals surface area (Å²) in [5, 5.41) is 3.45. The van der Waals surface area contributed by atoms with Crippen LogP contribution >= 0.6 is 15.9 Å². The van der Waals surface area contributed by atoms with Crippen molar-refractivity contribution in [2.45, 2.75) is 12.8 Å². The lowest BCUT2D eigenvalue weighted by Crippen LogP contribution is -2.10. The van der Waals surface area contributed by atoms with Crippen molar-refractivity contribution >= 4 is 21.6 Å². The molecule has 0 saturated carbocycles. The standard InChI is InChI=1S/C16H18BrNO/c1-12(15-5-3-4-6-16(15)17)11-18-13-7-9-14(19-2)10-8-13/h3-10,12,18H,11H2,1-2H3. The maximum Gasteiger partial charge on any atom is 0.119 e. The number of methoxy groups -OCH3 is 1. The molecule has 0 aliphatic rings. The fourth-order valence-corrected chi connectivity index (χ4v) is 2.64. The van der Waals surface area contributed by atoms with E-state index in [2.05, 4.69) is 46.4 Å². The third-order valence-corrected chi connectivity index (χ3v) is 3.86. The van der Waals surface area contributed by atoms with Crippen molar-refractivity contribution < 1.29 is 4.74 Å². The number of rotatable bonds is 5. The molecule has 0 radical (unpaired) electrons. The highest BCUT2D eigenvalue weighted by molar-refractivity contribution is 9.10. The highest BCUT2D eigenvalue weighted by Crippen LogP contribution is 2.25. The molecule has 0 fully saturated rings. The number of benzene rings is 2. The van der Waals surface area contributed by atoms with Gasteiger partial charge in [-0.2, -0.15) is 0 Å². The van der Waals surface area contributed by atoms with Gasteiger partial charge in [0, 0.05) is 16.7 Å². The first kappa shape index (κ1) is 13.9. The number of ether oxygens (including phenoxy) is 1. The van der Waals surface area contributed by atoms with E-state index < -0.39 is 0 Å². The Morgan fingerprint density at radius 1 is 1.11 bits per heavy atom. The Hall–Kier alpha value is -1.48. The van der Waals surface area contributed by atoms with Crippen LogP contribution in [-0.4, -0.2) is 13.7 Å². The van der Waals surface area contributed by atoms with Gasteiger partial charge >= 0.3 is 0 Å². The number of halogens is 1. The molecule has 0 amide bonds. The summed E-state index contributed by atoms with van der Waals surface area (Å²) in [5.74, 6) is 1.32. The van der Waals surface area contributed by atoms with Gasteiger partial charge in [-0.25, -0.2) is 0 Å². The Bertz CT molecular complexity index is 525. The lowest BCUT2D eigenvalue weighted by molar-refractivity contribution is 0.415. The maximum atomic E-state index is 5.15. The van der Waals surface area contributed by atoms with Gasteiger partial charge in [-0.1, -0.05) is 41.1 Å². The van der Waals surface area contributed by atoms with Crippen LogP contribution in [0.2, 0.25) is 0 Å². The second-order valence-corrected chi connectivity index (χ2v) is 5.39. The molecule has 0 heterocycles. The summed E-state index contributed by atoms with van der Waals surface area (Å²) in [6.07, 6.45) is 0. The first-order valence-corrected chi connectivity index (χ1v) is 7.12. The average Bonchev–Trinajstić information content (AvgIpc) is 2.46. The van der Waals surface area contributed by atoms with Crippen LogP contribution in [0.5, 0.6) is 5.75 Å². The summed E-state index contributed by atoms with van der Waals surface area (Å²) < 4.78 is 6.31. The minimum Gasteiger partial charge on any atom is -0.497 e. The van der Waals surface area contributed by atoms with Crippen molar-refractivity contribution in [3.63, 3.8) is 0 Å². The summed E-state index contributed by atoms with van der Waals surface area (Å²) >= 11 is 3.60. The van der Waals surface area contributed by atoms with Crippen molar-refractivity contribution in [1.29, 1.82) is 0 Å². The molecule has 0 spiro atoms. The Balaban J connectivity index is 1.96. The molecule has 2 nitrogen and oxygen atoms in total. The first-order chi connectivity index (χ1) is 9.20. The monoisotopic (exact) mass is 319 g/mol. The zero-order valence-electron chi connectivity index (χ0n) is 11.2. The number of hydrogen-bond acceptors (Lipinski definition) is 2. The molecule has 19 heavy (non-hydrogen) atoms. The van der Waals surface area contributed by atoms with Gasteiger partial charge in [0.1, 0.15) is 5.75 Å². The third kappa shape index (κ3) is 3.74. The molecule has 3 heteroatoms. The lowest BCUT2D eigenvalue weighted by Gasteiger charge is -2.15. The molecule has 2 rings (SSSR count). The SMILES string of the molecule is COc1ccc(NCC(C)c2ccccc2Br)cc1. The molecule has 1 unspecified atom stereocenters. The van der Waals surface area contributed by atoms with Gasteiger partial charge in [0.15, 0.2) is 0 Å². The number of anilines is 1. The maximum absolute atomic E-state index is 5.15. The molecule has 100 valence electrons. The van der Waals surface area contributed by atoms with E-state index in [1.807, 2.05) is 30.3 Å². The van der Waals surface area contributed by atoms with Crippen LogP contribution < -0.4 is 10.1 Å². The van der Waals surface area contributed by atoms with Gasteiger partial charge in [0.25, 0.3) is 0 Å². The smallest absolute Gasteiger partial charge is 0.119 e. The molecule has 0 aromatic heterocycles. The van der Waals surface area contributed by atoms with E-state index in [0.29, 0.717) is 5.92 Å². The van der Waals surface area contributed by atoms with Crippen LogP contribution in [0.3, 0.4) is 0 Å². The lowest BCUT2D eigenvalue weighted by atomic mass is 10.0. The molecule has 0 bridgehead atoms.